The third kappa shape index (κ3) is 3.89. The molecule has 1 aliphatic heterocycles. The van der Waals surface area contributed by atoms with Gasteiger partial charge in [0.25, 0.3) is 11.5 Å². The molecule has 4 rings (SSSR count). The van der Waals surface area contributed by atoms with E-state index in [2.05, 4.69) is 15.0 Å². The number of rotatable bonds is 4. The topological polar surface area (TPSA) is 88.2 Å². The minimum atomic E-state index is -0.185. The first-order valence-corrected chi connectivity index (χ1v) is 9.47. The van der Waals surface area contributed by atoms with E-state index in [4.69, 9.17) is 4.74 Å². The average molecular weight is 390 g/mol. The van der Waals surface area contributed by atoms with E-state index in [0.717, 1.165) is 11.3 Å². The Labute approximate surface area is 168 Å². The molecule has 1 fully saturated rings. The number of H-pyrrole nitrogens is 1. The van der Waals surface area contributed by atoms with Gasteiger partial charge in [0.2, 0.25) is 0 Å². The van der Waals surface area contributed by atoms with Gasteiger partial charge >= 0.3 is 0 Å². The molecule has 1 saturated heterocycles. The van der Waals surface area contributed by atoms with Gasteiger partial charge in [0.15, 0.2) is 0 Å². The monoisotopic (exact) mass is 390 g/mol. The third-order valence-corrected chi connectivity index (χ3v) is 5.29. The number of hydrogen-bond donors (Lipinski definition) is 1. The van der Waals surface area contributed by atoms with E-state index in [9.17, 15) is 9.59 Å². The molecule has 7 nitrogen and oxygen atoms in total. The summed E-state index contributed by atoms with van der Waals surface area (Å²) >= 11 is 0. The molecule has 0 unspecified atom stereocenters. The maximum atomic E-state index is 13.0. The van der Waals surface area contributed by atoms with Crippen LogP contribution in [0.3, 0.4) is 0 Å². The van der Waals surface area contributed by atoms with E-state index < -0.39 is 0 Å². The Morgan fingerprint density at radius 1 is 1.14 bits per heavy atom. The number of hydrogen-bond acceptors (Lipinski definition) is 5. The maximum absolute atomic E-state index is 13.0. The number of benzene rings is 1. The van der Waals surface area contributed by atoms with Crippen molar-refractivity contribution in [1.82, 2.24) is 19.9 Å². The van der Waals surface area contributed by atoms with Gasteiger partial charge in [-0.3, -0.25) is 14.6 Å². The highest BCUT2D eigenvalue weighted by molar-refractivity contribution is 5.92. The third-order valence-electron chi connectivity index (χ3n) is 5.29. The average Bonchev–Trinajstić information content (AvgIpc) is 3.19. The van der Waals surface area contributed by atoms with Gasteiger partial charge in [-0.05, 0) is 36.8 Å². The first-order chi connectivity index (χ1) is 14.0. The Hall–Kier alpha value is -3.48. The molecule has 148 valence electrons. The fourth-order valence-corrected chi connectivity index (χ4v) is 3.90. The number of amides is 1. The summed E-state index contributed by atoms with van der Waals surface area (Å²) in [6.45, 7) is 2.76. The largest absolute Gasteiger partial charge is 0.497 e. The van der Waals surface area contributed by atoms with Crippen LogP contribution in [-0.2, 0) is 0 Å². The number of likely N-dealkylation sites (tertiary alicyclic amines) is 1. The fraction of sp³-hybridized carbons (Fsp3) is 0.273. The molecule has 0 aliphatic carbocycles. The van der Waals surface area contributed by atoms with Crippen molar-refractivity contribution in [3.8, 4) is 5.75 Å². The normalized spacial score (nSPS) is 18.6. The van der Waals surface area contributed by atoms with Crippen molar-refractivity contribution in [3.05, 3.63) is 87.9 Å². The van der Waals surface area contributed by atoms with Crippen molar-refractivity contribution >= 4 is 5.91 Å². The number of carbonyl (C=O) groups is 1. The zero-order valence-electron chi connectivity index (χ0n) is 16.3. The van der Waals surface area contributed by atoms with Gasteiger partial charge < -0.3 is 14.6 Å². The van der Waals surface area contributed by atoms with Gasteiger partial charge in [-0.15, -0.1) is 0 Å². The molecular weight excluding hydrogens is 368 g/mol. The van der Waals surface area contributed by atoms with Crippen LogP contribution in [0.2, 0.25) is 0 Å². The fourth-order valence-electron chi connectivity index (χ4n) is 3.90. The summed E-state index contributed by atoms with van der Waals surface area (Å²) in [5, 5.41) is 0. The molecule has 2 aromatic heterocycles. The van der Waals surface area contributed by atoms with E-state index in [1.807, 2.05) is 24.3 Å². The summed E-state index contributed by atoms with van der Waals surface area (Å²) in [6.07, 6.45) is 1.61. The molecule has 7 heteroatoms. The standard InChI is InChI=1S/C22H22N4O3/c1-14-24-20(11-21(27)25-14)18-13-26(22(28)19-5-3-4-10-23-19)12-17(18)15-6-8-16(29-2)9-7-15/h3-11,17-18H,12-13H2,1-2H3,(H,24,25,27)/t17-,18+/m0/s1. The maximum Gasteiger partial charge on any atom is 0.272 e. The van der Waals surface area contributed by atoms with Crippen LogP contribution in [0.5, 0.6) is 5.75 Å². The highest BCUT2D eigenvalue weighted by atomic mass is 16.5. The molecule has 1 N–H and O–H groups in total. The molecule has 1 aliphatic rings. The molecular formula is C22H22N4O3. The summed E-state index contributed by atoms with van der Waals surface area (Å²) in [5.41, 5.74) is 2.00. The minimum absolute atomic E-state index is 0.0160. The van der Waals surface area contributed by atoms with Crippen molar-refractivity contribution in [2.75, 3.05) is 20.2 Å². The molecule has 29 heavy (non-hydrogen) atoms. The SMILES string of the molecule is COc1ccc([C@@H]2CN(C(=O)c3ccccn3)C[C@H]2c2cc(=O)[nH]c(C)n2)cc1. The van der Waals surface area contributed by atoms with E-state index >= 15 is 0 Å². The lowest BCUT2D eigenvalue weighted by Crippen LogP contribution is -2.29. The molecule has 0 spiro atoms. The Morgan fingerprint density at radius 3 is 2.55 bits per heavy atom. The molecule has 3 heterocycles. The molecule has 0 bridgehead atoms. The van der Waals surface area contributed by atoms with Crippen molar-refractivity contribution in [2.45, 2.75) is 18.8 Å². The predicted molar refractivity (Wildman–Crippen MR) is 108 cm³/mol. The molecule has 1 aromatic carbocycles. The number of carbonyl (C=O) groups excluding carboxylic acids is 1. The van der Waals surface area contributed by atoms with E-state index in [1.54, 1.807) is 43.3 Å². The lowest BCUT2D eigenvalue weighted by atomic mass is 9.86. The number of aromatic nitrogens is 3. The number of ether oxygens (including phenoxy) is 1. The lowest BCUT2D eigenvalue weighted by molar-refractivity contribution is 0.0783. The smallest absolute Gasteiger partial charge is 0.272 e. The zero-order chi connectivity index (χ0) is 20.4. The van der Waals surface area contributed by atoms with Gasteiger partial charge in [-0.25, -0.2) is 4.98 Å². The predicted octanol–water partition coefficient (Wildman–Crippen LogP) is 2.51. The summed E-state index contributed by atoms with van der Waals surface area (Å²) < 4.78 is 5.26. The molecule has 2 atom stereocenters. The second kappa shape index (κ2) is 7.87. The second-order valence-corrected chi connectivity index (χ2v) is 7.17. The number of aromatic amines is 1. The Morgan fingerprint density at radius 2 is 1.90 bits per heavy atom. The van der Waals surface area contributed by atoms with E-state index in [-0.39, 0.29) is 23.3 Å². The summed E-state index contributed by atoms with van der Waals surface area (Å²) in [4.78, 5) is 38.2. The molecule has 1 amide bonds. The van der Waals surface area contributed by atoms with Crippen molar-refractivity contribution in [1.29, 1.82) is 0 Å². The van der Waals surface area contributed by atoms with Crippen molar-refractivity contribution < 1.29 is 9.53 Å². The number of nitrogens with one attached hydrogen (secondary N) is 1. The van der Waals surface area contributed by atoms with Crippen LogP contribution in [-0.4, -0.2) is 46.0 Å². The number of methoxy groups -OCH3 is 1. The highest BCUT2D eigenvalue weighted by Crippen LogP contribution is 2.39. The minimum Gasteiger partial charge on any atom is -0.497 e. The highest BCUT2D eigenvalue weighted by Gasteiger charge is 2.38. The number of nitrogens with zero attached hydrogens (tertiary/aromatic N) is 3. The van der Waals surface area contributed by atoms with Crippen LogP contribution >= 0.6 is 0 Å². The van der Waals surface area contributed by atoms with E-state index in [1.165, 1.54) is 6.07 Å². The zero-order valence-corrected chi connectivity index (χ0v) is 16.3. The van der Waals surface area contributed by atoms with Crippen LogP contribution in [0.1, 0.15) is 39.4 Å². The first kappa shape index (κ1) is 18.9. The summed E-state index contributed by atoms with van der Waals surface area (Å²) in [6, 6.07) is 14.7. The van der Waals surface area contributed by atoms with Crippen LogP contribution in [0, 0.1) is 6.92 Å². The molecule has 0 radical (unpaired) electrons. The number of pyridine rings is 1. The Bertz CT molecular complexity index is 1060. The number of aryl methyl sites for hydroxylation is 1. The molecule has 0 saturated carbocycles. The van der Waals surface area contributed by atoms with E-state index in [0.29, 0.717) is 30.3 Å². The van der Waals surface area contributed by atoms with Gasteiger partial charge in [-0.1, -0.05) is 18.2 Å². The Kier molecular flexibility index (Phi) is 5.12. The summed E-state index contributed by atoms with van der Waals surface area (Å²) in [7, 11) is 1.63. The van der Waals surface area contributed by atoms with Crippen LogP contribution in [0.15, 0.2) is 59.5 Å². The Balaban J connectivity index is 1.70. The molecule has 3 aromatic rings. The van der Waals surface area contributed by atoms with Gasteiger partial charge in [-0.2, -0.15) is 0 Å². The summed E-state index contributed by atoms with van der Waals surface area (Å²) in [5.74, 6) is 1.15. The lowest BCUT2D eigenvalue weighted by Gasteiger charge is -2.18. The van der Waals surface area contributed by atoms with Crippen molar-refractivity contribution in [3.63, 3.8) is 0 Å². The van der Waals surface area contributed by atoms with Gasteiger partial charge in [0, 0.05) is 37.2 Å². The second-order valence-electron chi connectivity index (χ2n) is 7.17. The quantitative estimate of drug-likeness (QED) is 0.740. The van der Waals surface area contributed by atoms with Gasteiger partial charge in [0.1, 0.15) is 17.3 Å². The van der Waals surface area contributed by atoms with Crippen molar-refractivity contribution in [2.24, 2.45) is 0 Å². The van der Waals surface area contributed by atoms with Crippen LogP contribution in [0.25, 0.3) is 0 Å². The van der Waals surface area contributed by atoms with Crippen LogP contribution in [0.4, 0.5) is 0 Å². The van der Waals surface area contributed by atoms with Gasteiger partial charge in [0.05, 0.1) is 12.8 Å². The van der Waals surface area contributed by atoms with Crippen LogP contribution < -0.4 is 10.3 Å². The first-order valence-electron chi connectivity index (χ1n) is 9.47.